The van der Waals surface area contributed by atoms with Gasteiger partial charge in [-0.1, -0.05) is 24.6 Å². The molecule has 1 rings (SSSR count). The Balaban J connectivity index is 3.19. The molecule has 0 heterocycles. The van der Waals surface area contributed by atoms with E-state index in [4.69, 9.17) is 11.6 Å². The van der Waals surface area contributed by atoms with Crippen LogP contribution < -0.4 is 0 Å². The Kier molecular flexibility index (Phi) is 3.39. The Morgan fingerprint density at radius 3 is 2.47 bits per heavy atom. The molecule has 0 unspecified atom stereocenters. The molecule has 0 radical (unpaired) electrons. The summed E-state index contributed by atoms with van der Waals surface area (Å²) >= 11 is 5.53. The molecule has 0 bridgehead atoms. The molecule has 15 heavy (non-hydrogen) atoms. The van der Waals surface area contributed by atoms with Crippen molar-refractivity contribution in [2.24, 2.45) is 0 Å². The van der Waals surface area contributed by atoms with Gasteiger partial charge in [-0.2, -0.15) is 13.2 Å². The molecule has 0 aliphatic rings. The maximum absolute atomic E-state index is 12.1. The topological polar surface area (TPSA) is 17.1 Å². The van der Waals surface area contributed by atoms with Gasteiger partial charge in [0.1, 0.15) is 0 Å². The van der Waals surface area contributed by atoms with Crippen LogP contribution in [-0.2, 0) is 6.42 Å². The number of Topliss-reactive ketones (excluding diaryl/α,β-unsaturated/α-hetero) is 1. The predicted molar refractivity (Wildman–Crippen MR) is 51.2 cm³/mol. The Morgan fingerprint density at radius 1 is 1.40 bits per heavy atom. The molecule has 0 saturated heterocycles. The lowest BCUT2D eigenvalue weighted by molar-refractivity contribution is -0.0885. The van der Waals surface area contributed by atoms with Gasteiger partial charge in [-0.15, -0.1) is 0 Å². The fourth-order valence-electron chi connectivity index (χ4n) is 1.12. The molecule has 5 heteroatoms. The molecule has 0 aromatic heterocycles. The highest BCUT2D eigenvalue weighted by atomic mass is 35.5. The van der Waals surface area contributed by atoms with Crippen LogP contribution in [0.4, 0.5) is 13.2 Å². The van der Waals surface area contributed by atoms with Crippen LogP contribution in [0.3, 0.4) is 0 Å². The van der Waals surface area contributed by atoms with Crippen molar-refractivity contribution >= 4 is 17.4 Å². The van der Waals surface area contributed by atoms with Crippen LogP contribution in [0, 0.1) is 0 Å². The van der Waals surface area contributed by atoms with Crippen LogP contribution in [0.15, 0.2) is 18.2 Å². The molecule has 0 atom stereocenters. The van der Waals surface area contributed by atoms with Gasteiger partial charge >= 0.3 is 6.18 Å². The first-order valence-corrected chi connectivity index (χ1v) is 4.64. The van der Waals surface area contributed by atoms with Crippen molar-refractivity contribution in [2.45, 2.75) is 19.5 Å². The summed E-state index contributed by atoms with van der Waals surface area (Å²) in [5, 5.41) is -0.172. The quantitative estimate of drug-likeness (QED) is 0.717. The maximum atomic E-state index is 12.1. The van der Waals surface area contributed by atoms with E-state index in [1.807, 2.05) is 0 Å². The fourth-order valence-corrected chi connectivity index (χ4v) is 1.32. The molecule has 82 valence electrons. The van der Waals surface area contributed by atoms with Gasteiger partial charge in [-0.3, -0.25) is 4.79 Å². The third kappa shape index (κ3) is 2.72. The zero-order chi connectivity index (χ0) is 11.6. The third-order valence-corrected chi connectivity index (χ3v) is 2.27. The highest BCUT2D eigenvalue weighted by molar-refractivity contribution is 6.34. The van der Waals surface area contributed by atoms with Gasteiger partial charge in [0, 0.05) is 5.56 Å². The highest BCUT2D eigenvalue weighted by Gasteiger charge is 2.40. The number of carbonyl (C=O) groups is 1. The fraction of sp³-hybridized carbons (Fsp3) is 0.300. The minimum absolute atomic E-state index is 0.172. The number of rotatable bonds is 2. The molecule has 0 aliphatic heterocycles. The zero-order valence-corrected chi connectivity index (χ0v) is 8.62. The van der Waals surface area contributed by atoms with E-state index in [0.29, 0.717) is 12.0 Å². The molecule has 0 amide bonds. The average molecular weight is 237 g/mol. The summed E-state index contributed by atoms with van der Waals surface area (Å²) in [5.41, 5.74) is 0.163. The average Bonchev–Trinajstić information content (AvgIpc) is 2.16. The Morgan fingerprint density at radius 2 is 2.00 bits per heavy atom. The minimum Gasteiger partial charge on any atom is -0.284 e. The SMILES string of the molecule is CCc1ccc(Cl)c(C(=O)C(F)(F)F)c1. The Bertz CT molecular complexity index is 385. The number of halogens is 4. The van der Waals surface area contributed by atoms with E-state index in [-0.39, 0.29) is 5.02 Å². The van der Waals surface area contributed by atoms with Crippen LogP contribution in [0.5, 0.6) is 0 Å². The minimum atomic E-state index is -4.88. The van der Waals surface area contributed by atoms with Gasteiger partial charge in [0.25, 0.3) is 5.78 Å². The van der Waals surface area contributed by atoms with Gasteiger partial charge in [-0.05, 0) is 24.1 Å². The van der Waals surface area contributed by atoms with Crippen molar-refractivity contribution in [2.75, 3.05) is 0 Å². The van der Waals surface area contributed by atoms with Crippen molar-refractivity contribution in [1.29, 1.82) is 0 Å². The predicted octanol–water partition coefficient (Wildman–Crippen LogP) is 3.65. The lowest BCUT2D eigenvalue weighted by atomic mass is 10.1. The molecule has 1 aromatic carbocycles. The molecule has 0 spiro atoms. The first-order valence-electron chi connectivity index (χ1n) is 4.26. The Labute approximate surface area is 89.9 Å². The van der Waals surface area contributed by atoms with E-state index in [1.54, 1.807) is 13.0 Å². The van der Waals surface area contributed by atoms with Crippen molar-refractivity contribution in [3.8, 4) is 0 Å². The molecule has 0 aliphatic carbocycles. The number of ketones is 1. The van der Waals surface area contributed by atoms with E-state index >= 15 is 0 Å². The van der Waals surface area contributed by atoms with Gasteiger partial charge in [0.05, 0.1) is 5.02 Å². The van der Waals surface area contributed by atoms with Gasteiger partial charge < -0.3 is 0 Å². The first-order chi connectivity index (χ1) is 6.86. The van der Waals surface area contributed by atoms with E-state index in [9.17, 15) is 18.0 Å². The van der Waals surface area contributed by atoms with E-state index in [1.165, 1.54) is 12.1 Å². The number of aryl methyl sites for hydroxylation is 1. The molecule has 0 fully saturated rings. The molecule has 0 N–H and O–H groups in total. The monoisotopic (exact) mass is 236 g/mol. The standard InChI is InChI=1S/C10H8ClF3O/c1-2-6-3-4-8(11)7(5-6)9(15)10(12,13)14/h3-5H,2H2,1H3. The molecular formula is C10H8ClF3O. The van der Waals surface area contributed by atoms with Crippen molar-refractivity contribution < 1.29 is 18.0 Å². The number of benzene rings is 1. The molecule has 0 saturated carbocycles. The number of carbonyl (C=O) groups excluding carboxylic acids is 1. The normalized spacial score (nSPS) is 11.5. The zero-order valence-electron chi connectivity index (χ0n) is 7.86. The first kappa shape index (κ1) is 12.0. The van der Waals surface area contributed by atoms with Gasteiger partial charge in [-0.25, -0.2) is 0 Å². The van der Waals surface area contributed by atoms with Crippen molar-refractivity contribution in [1.82, 2.24) is 0 Å². The van der Waals surface area contributed by atoms with Gasteiger partial charge in [0.15, 0.2) is 0 Å². The van der Waals surface area contributed by atoms with E-state index in [2.05, 4.69) is 0 Å². The van der Waals surface area contributed by atoms with E-state index < -0.39 is 17.5 Å². The number of alkyl halides is 3. The second-order valence-electron chi connectivity index (χ2n) is 2.99. The summed E-state index contributed by atoms with van der Waals surface area (Å²) in [7, 11) is 0. The highest BCUT2D eigenvalue weighted by Crippen LogP contribution is 2.27. The van der Waals surface area contributed by atoms with Crippen molar-refractivity contribution in [3.63, 3.8) is 0 Å². The third-order valence-electron chi connectivity index (χ3n) is 1.94. The summed E-state index contributed by atoms with van der Waals surface area (Å²) in [6, 6.07) is 4.08. The summed E-state index contributed by atoms with van der Waals surface area (Å²) in [6.45, 7) is 1.78. The van der Waals surface area contributed by atoms with Crippen LogP contribution in [0.1, 0.15) is 22.8 Å². The smallest absolute Gasteiger partial charge is 0.284 e. The number of hydrogen-bond acceptors (Lipinski definition) is 1. The lowest BCUT2D eigenvalue weighted by Crippen LogP contribution is -2.23. The molecular weight excluding hydrogens is 229 g/mol. The summed E-state index contributed by atoms with van der Waals surface area (Å²) in [4.78, 5) is 10.9. The largest absolute Gasteiger partial charge is 0.454 e. The summed E-state index contributed by atoms with van der Waals surface area (Å²) in [5.74, 6) is -1.90. The maximum Gasteiger partial charge on any atom is 0.454 e. The Hall–Kier alpha value is -1.03. The van der Waals surface area contributed by atoms with Gasteiger partial charge in [0.2, 0.25) is 0 Å². The van der Waals surface area contributed by atoms with E-state index in [0.717, 1.165) is 0 Å². The van der Waals surface area contributed by atoms with Crippen molar-refractivity contribution in [3.05, 3.63) is 34.3 Å². The van der Waals surface area contributed by atoms with Crippen LogP contribution in [0.25, 0.3) is 0 Å². The summed E-state index contributed by atoms with van der Waals surface area (Å²) < 4.78 is 36.4. The number of hydrogen-bond donors (Lipinski definition) is 0. The second-order valence-corrected chi connectivity index (χ2v) is 3.40. The van der Waals surface area contributed by atoms with Crippen LogP contribution in [0.2, 0.25) is 5.02 Å². The summed E-state index contributed by atoms with van der Waals surface area (Å²) in [6.07, 6.45) is -4.33. The molecule has 1 nitrogen and oxygen atoms in total. The second kappa shape index (κ2) is 4.23. The lowest BCUT2D eigenvalue weighted by Gasteiger charge is -2.08. The van der Waals surface area contributed by atoms with Crippen LogP contribution in [-0.4, -0.2) is 12.0 Å². The molecule has 1 aromatic rings. The van der Waals surface area contributed by atoms with Crippen LogP contribution >= 0.6 is 11.6 Å².